The van der Waals surface area contributed by atoms with Gasteiger partial charge in [0.25, 0.3) is 0 Å². The topological polar surface area (TPSA) is 20.3 Å². The minimum atomic E-state index is 0.228. The highest BCUT2D eigenvalue weighted by atomic mass is 16.1. The minimum Gasteiger partial charge on any atom is -0.307 e. The van der Waals surface area contributed by atoms with E-state index in [4.69, 9.17) is 0 Å². The Morgan fingerprint density at radius 3 is 2.22 bits per heavy atom. The summed E-state index contributed by atoms with van der Waals surface area (Å²) in [6, 6.07) is 18.3. The van der Waals surface area contributed by atoms with Gasteiger partial charge in [0.05, 0.1) is 0 Å². The number of benzene rings is 2. The van der Waals surface area contributed by atoms with Crippen LogP contribution in [0.5, 0.6) is 0 Å². The second-order valence-electron chi connectivity index (χ2n) is 6.11. The number of hydrogen-bond acceptors (Lipinski definition) is 2. The highest BCUT2D eigenvalue weighted by Crippen LogP contribution is 2.11. The van der Waals surface area contributed by atoms with Crippen LogP contribution in [-0.2, 0) is 12.8 Å². The third-order valence-electron chi connectivity index (χ3n) is 4.30. The number of nitrogens with zero attached hydrogens (tertiary/aromatic N) is 1. The number of aryl methyl sites for hydroxylation is 2. The molecule has 0 aliphatic heterocycles. The van der Waals surface area contributed by atoms with Gasteiger partial charge in [-0.1, -0.05) is 61.5 Å². The molecule has 2 aromatic carbocycles. The van der Waals surface area contributed by atoms with Crippen molar-refractivity contribution in [2.24, 2.45) is 0 Å². The molecule has 2 heteroatoms. The first-order valence-electron chi connectivity index (χ1n) is 8.53. The lowest BCUT2D eigenvalue weighted by Crippen LogP contribution is -2.19. The number of ketones is 1. The maximum absolute atomic E-state index is 12.3. The van der Waals surface area contributed by atoms with E-state index >= 15 is 0 Å². The van der Waals surface area contributed by atoms with Crippen LogP contribution in [0.15, 0.2) is 54.6 Å². The zero-order valence-electron chi connectivity index (χ0n) is 14.3. The van der Waals surface area contributed by atoms with E-state index in [9.17, 15) is 4.79 Å². The van der Waals surface area contributed by atoms with Crippen LogP contribution in [0.2, 0.25) is 0 Å². The Balaban J connectivity index is 1.80. The molecule has 0 heterocycles. The van der Waals surface area contributed by atoms with Crippen LogP contribution >= 0.6 is 0 Å². The van der Waals surface area contributed by atoms with Crippen molar-refractivity contribution in [3.8, 4) is 0 Å². The summed E-state index contributed by atoms with van der Waals surface area (Å²) in [5.74, 6) is 0.228. The molecule has 0 amide bonds. The number of hydrogen-bond donors (Lipinski definition) is 0. The summed E-state index contributed by atoms with van der Waals surface area (Å²) in [5, 5.41) is 0. The van der Waals surface area contributed by atoms with Gasteiger partial charge in [0.1, 0.15) is 0 Å². The second kappa shape index (κ2) is 9.26. The van der Waals surface area contributed by atoms with Crippen molar-refractivity contribution in [1.29, 1.82) is 0 Å². The normalized spacial score (nSPS) is 10.9. The third-order valence-corrected chi connectivity index (χ3v) is 4.30. The molecule has 2 nitrogen and oxygen atoms in total. The van der Waals surface area contributed by atoms with Crippen LogP contribution in [0, 0.1) is 0 Å². The lowest BCUT2D eigenvalue weighted by molar-refractivity contribution is 0.0983. The van der Waals surface area contributed by atoms with Crippen LogP contribution < -0.4 is 0 Å². The maximum atomic E-state index is 12.3. The SMILES string of the molecule is CCN(C)CCCc1ccc(C(=O)CCc2ccccc2)cc1. The molecule has 2 aromatic rings. The molecular formula is C21H27NO. The highest BCUT2D eigenvalue weighted by Gasteiger charge is 2.06. The Morgan fingerprint density at radius 2 is 1.57 bits per heavy atom. The van der Waals surface area contributed by atoms with E-state index < -0.39 is 0 Å². The first-order valence-corrected chi connectivity index (χ1v) is 8.53. The lowest BCUT2D eigenvalue weighted by atomic mass is 10.0. The monoisotopic (exact) mass is 309 g/mol. The van der Waals surface area contributed by atoms with Crippen LogP contribution in [0.25, 0.3) is 0 Å². The van der Waals surface area contributed by atoms with Gasteiger partial charge in [0.2, 0.25) is 0 Å². The Morgan fingerprint density at radius 1 is 0.913 bits per heavy atom. The molecule has 0 aliphatic rings. The molecular weight excluding hydrogens is 282 g/mol. The van der Waals surface area contributed by atoms with E-state index in [1.165, 1.54) is 11.1 Å². The van der Waals surface area contributed by atoms with Gasteiger partial charge in [0.15, 0.2) is 5.78 Å². The fourth-order valence-corrected chi connectivity index (χ4v) is 2.62. The molecule has 0 bridgehead atoms. The van der Waals surface area contributed by atoms with Crippen molar-refractivity contribution in [3.63, 3.8) is 0 Å². The van der Waals surface area contributed by atoms with Crippen LogP contribution in [0.4, 0.5) is 0 Å². The molecule has 0 N–H and O–H groups in total. The van der Waals surface area contributed by atoms with Crippen molar-refractivity contribution < 1.29 is 4.79 Å². The van der Waals surface area contributed by atoms with E-state index in [0.29, 0.717) is 6.42 Å². The van der Waals surface area contributed by atoms with Gasteiger partial charge in [-0.25, -0.2) is 0 Å². The number of Topliss-reactive ketones (excluding diaryl/α,β-unsaturated/α-hetero) is 1. The number of rotatable bonds is 9. The molecule has 2 rings (SSSR count). The summed E-state index contributed by atoms with van der Waals surface area (Å²) < 4.78 is 0. The Bertz CT molecular complexity index is 589. The lowest BCUT2D eigenvalue weighted by Gasteiger charge is -2.13. The van der Waals surface area contributed by atoms with Gasteiger partial charge >= 0.3 is 0 Å². The third kappa shape index (κ3) is 5.99. The average Bonchev–Trinajstić information content (AvgIpc) is 2.61. The smallest absolute Gasteiger partial charge is 0.163 e. The molecule has 0 aliphatic carbocycles. The summed E-state index contributed by atoms with van der Waals surface area (Å²) >= 11 is 0. The van der Waals surface area contributed by atoms with Crippen LogP contribution in [0.1, 0.15) is 41.3 Å². The molecule has 23 heavy (non-hydrogen) atoms. The minimum absolute atomic E-state index is 0.228. The summed E-state index contributed by atoms with van der Waals surface area (Å²) in [4.78, 5) is 14.6. The van der Waals surface area contributed by atoms with Gasteiger partial charge in [-0.15, -0.1) is 0 Å². The molecule has 0 aromatic heterocycles. The first-order chi connectivity index (χ1) is 11.2. The van der Waals surface area contributed by atoms with Crippen molar-refractivity contribution in [1.82, 2.24) is 4.90 Å². The fraction of sp³-hybridized carbons (Fsp3) is 0.381. The Labute approximate surface area is 140 Å². The zero-order chi connectivity index (χ0) is 16.5. The van der Waals surface area contributed by atoms with Gasteiger partial charge in [-0.3, -0.25) is 4.79 Å². The number of carbonyl (C=O) groups is 1. The van der Waals surface area contributed by atoms with Crippen molar-refractivity contribution in [3.05, 3.63) is 71.3 Å². The molecule has 0 radical (unpaired) electrons. The van der Waals surface area contributed by atoms with E-state index in [1.54, 1.807) is 0 Å². The highest BCUT2D eigenvalue weighted by molar-refractivity contribution is 5.96. The molecule has 0 fully saturated rings. The molecule has 0 atom stereocenters. The molecule has 0 saturated carbocycles. The molecule has 0 spiro atoms. The summed E-state index contributed by atoms with van der Waals surface area (Å²) in [7, 11) is 2.15. The van der Waals surface area contributed by atoms with Crippen molar-refractivity contribution in [2.75, 3.05) is 20.1 Å². The number of carbonyl (C=O) groups excluding carboxylic acids is 1. The molecule has 0 saturated heterocycles. The standard InChI is InChI=1S/C21H27NO/c1-3-22(2)17-7-10-19-11-14-20(15-12-19)21(23)16-13-18-8-5-4-6-9-18/h4-6,8-9,11-12,14-15H,3,7,10,13,16-17H2,1-2H3. The average molecular weight is 309 g/mol. The Kier molecular flexibility index (Phi) is 7.02. The summed E-state index contributed by atoms with van der Waals surface area (Å²) in [6.45, 7) is 4.39. The fourth-order valence-electron chi connectivity index (χ4n) is 2.62. The Hall–Kier alpha value is -1.93. The van der Waals surface area contributed by atoms with Gasteiger partial charge < -0.3 is 4.90 Å². The molecule has 0 unspecified atom stereocenters. The predicted molar refractivity (Wildman–Crippen MR) is 97.0 cm³/mol. The van der Waals surface area contributed by atoms with Gasteiger partial charge in [0, 0.05) is 12.0 Å². The summed E-state index contributed by atoms with van der Waals surface area (Å²) in [6.07, 6.45) is 3.61. The van der Waals surface area contributed by atoms with E-state index in [0.717, 1.165) is 37.9 Å². The predicted octanol–water partition coefficient (Wildman–Crippen LogP) is 4.39. The largest absolute Gasteiger partial charge is 0.307 e. The zero-order valence-corrected chi connectivity index (χ0v) is 14.3. The van der Waals surface area contributed by atoms with Crippen molar-refractivity contribution >= 4 is 5.78 Å². The van der Waals surface area contributed by atoms with Crippen molar-refractivity contribution in [2.45, 2.75) is 32.6 Å². The van der Waals surface area contributed by atoms with Crippen LogP contribution in [0.3, 0.4) is 0 Å². The van der Waals surface area contributed by atoms with E-state index in [1.807, 2.05) is 30.3 Å². The van der Waals surface area contributed by atoms with Gasteiger partial charge in [-0.2, -0.15) is 0 Å². The maximum Gasteiger partial charge on any atom is 0.163 e. The van der Waals surface area contributed by atoms with E-state index in [2.05, 4.69) is 43.1 Å². The first kappa shape index (κ1) is 17.4. The van der Waals surface area contributed by atoms with Crippen LogP contribution in [-0.4, -0.2) is 30.8 Å². The molecule has 122 valence electrons. The summed E-state index contributed by atoms with van der Waals surface area (Å²) in [5.41, 5.74) is 3.36. The second-order valence-corrected chi connectivity index (χ2v) is 6.11. The quantitative estimate of drug-likeness (QED) is 0.640. The van der Waals surface area contributed by atoms with E-state index in [-0.39, 0.29) is 5.78 Å². The van der Waals surface area contributed by atoms with Gasteiger partial charge in [-0.05, 0) is 50.5 Å².